The van der Waals surface area contributed by atoms with Crippen LogP contribution in [0.1, 0.15) is 11.4 Å². The fraction of sp³-hybridized carbons (Fsp3) is 0.125. The summed E-state index contributed by atoms with van der Waals surface area (Å²) in [6, 6.07) is 12.7. The average molecular weight is 453 g/mol. The number of nitrogens with one attached hydrogen (secondary N) is 2. The van der Waals surface area contributed by atoms with Crippen molar-refractivity contribution in [1.82, 2.24) is 24.9 Å². The zero-order chi connectivity index (χ0) is 23.5. The van der Waals surface area contributed by atoms with Crippen molar-refractivity contribution in [2.45, 2.75) is 6.04 Å². The molecule has 168 valence electrons. The molecule has 0 saturated carbocycles. The quantitative estimate of drug-likeness (QED) is 0.449. The number of ether oxygens (including phenoxy) is 1. The topological polar surface area (TPSA) is 114 Å². The number of rotatable bonds is 2. The molecule has 34 heavy (non-hydrogen) atoms. The van der Waals surface area contributed by atoms with Gasteiger partial charge in [0.2, 0.25) is 0 Å². The molecule has 1 aromatic carbocycles. The molecular formula is C24H19N7O3. The van der Waals surface area contributed by atoms with Gasteiger partial charge in [-0.15, -0.1) is 0 Å². The van der Waals surface area contributed by atoms with Crippen LogP contribution in [0.3, 0.4) is 0 Å². The highest BCUT2D eigenvalue weighted by Gasteiger charge is 2.30. The highest BCUT2D eigenvalue weighted by atomic mass is 16.5. The lowest BCUT2D eigenvalue weighted by molar-refractivity contribution is -0.120. The standard InChI is InChI=1S/C24H19N7O3/c1-30-20-5-2-3-6-21(20)34-15-19(23(30)32)29-24(33)28-17-10-12-25-16(13-17)8-9-18-14-26-22-7-4-11-27-31(18)22/h2-7,10-14,19H,15H2,1H3,(H2,25,28,29,33)/t19-/m1/s1. The van der Waals surface area contributed by atoms with Crippen LogP contribution in [0.15, 0.2) is 67.1 Å². The van der Waals surface area contributed by atoms with Gasteiger partial charge in [-0.3, -0.25) is 4.79 Å². The largest absolute Gasteiger partial charge is 0.489 e. The van der Waals surface area contributed by atoms with E-state index in [2.05, 4.69) is 37.5 Å². The van der Waals surface area contributed by atoms with E-state index in [1.54, 1.807) is 54.3 Å². The van der Waals surface area contributed by atoms with E-state index in [0.717, 1.165) is 0 Å². The summed E-state index contributed by atoms with van der Waals surface area (Å²) < 4.78 is 7.35. The van der Waals surface area contributed by atoms with Crippen LogP contribution in [-0.2, 0) is 4.79 Å². The Morgan fingerprint density at radius 3 is 2.91 bits per heavy atom. The lowest BCUT2D eigenvalue weighted by Crippen LogP contribution is -2.50. The number of aromatic nitrogens is 4. The van der Waals surface area contributed by atoms with Crippen LogP contribution in [0.4, 0.5) is 16.2 Å². The normalized spacial score (nSPS) is 14.9. The molecule has 0 saturated heterocycles. The third kappa shape index (κ3) is 4.22. The second-order valence-electron chi connectivity index (χ2n) is 7.44. The highest BCUT2D eigenvalue weighted by Crippen LogP contribution is 2.29. The molecule has 4 heterocycles. The first-order chi connectivity index (χ1) is 16.6. The average Bonchev–Trinajstić information content (AvgIpc) is 3.23. The van der Waals surface area contributed by atoms with Crippen LogP contribution in [0.2, 0.25) is 0 Å². The lowest BCUT2D eigenvalue weighted by atomic mass is 10.2. The van der Waals surface area contributed by atoms with Gasteiger partial charge < -0.3 is 20.3 Å². The van der Waals surface area contributed by atoms with E-state index in [1.165, 1.54) is 11.1 Å². The molecule has 1 atom stereocenters. The van der Waals surface area contributed by atoms with Crippen molar-refractivity contribution in [1.29, 1.82) is 0 Å². The van der Waals surface area contributed by atoms with Gasteiger partial charge in [-0.05, 0) is 48.2 Å². The fourth-order valence-corrected chi connectivity index (χ4v) is 3.50. The van der Waals surface area contributed by atoms with Crippen molar-refractivity contribution in [2.24, 2.45) is 0 Å². The van der Waals surface area contributed by atoms with Gasteiger partial charge in [0.05, 0.1) is 11.9 Å². The fourth-order valence-electron chi connectivity index (χ4n) is 3.50. The van der Waals surface area contributed by atoms with E-state index in [-0.39, 0.29) is 12.5 Å². The molecule has 0 spiro atoms. The number of nitrogens with zero attached hydrogens (tertiary/aromatic N) is 5. The number of anilines is 2. The Morgan fingerprint density at radius 1 is 1.12 bits per heavy atom. The Morgan fingerprint density at radius 2 is 2.00 bits per heavy atom. The number of hydrogen-bond acceptors (Lipinski definition) is 6. The molecule has 4 aromatic rings. The number of carbonyl (C=O) groups is 2. The number of likely N-dealkylation sites (N-methyl/N-ethyl adjacent to an activating group) is 1. The minimum absolute atomic E-state index is 0.0218. The van der Waals surface area contributed by atoms with Crippen molar-refractivity contribution >= 4 is 29.0 Å². The zero-order valence-corrected chi connectivity index (χ0v) is 18.1. The first-order valence-electron chi connectivity index (χ1n) is 10.4. The third-order valence-electron chi connectivity index (χ3n) is 5.18. The van der Waals surface area contributed by atoms with Crippen LogP contribution in [0.5, 0.6) is 5.75 Å². The van der Waals surface area contributed by atoms with Gasteiger partial charge in [0.25, 0.3) is 5.91 Å². The number of benzene rings is 1. The van der Waals surface area contributed by atoms with Crippen LogP contribution in [0, 0.1) is 11.8 Å². The van der Waals surface area contributed by atoms with Gasteiger partial charge >= 0.3 is 6.03 Å². The number of fused-ring (bicyclic) bond motifs is 2. The van der Waals surface area contributed by atoms with E-state index in [1.807, 2.05) is 18.2 Å². The molecular weight excluding hydrogens is 434 g/mol. The maximum atomic E-state index is 12.8. The van der Waals surface area contributed by atoms with Gasteiger partial charge in [0.15, 0.2) is 5.65 Å². The minimum Gasteiger partial charge on any atom is -0.489 e. The molecule has 3 aromatic heterocycles. The van der Waals surface area contributed by atoms with Gasteiger partial charge in [-0.1, -0.05) is 12.1 Å². The van der Waals surface area contributed by atoms with E-state index in [0.29, 0.717) is 34.2 Å². The van der Waals surface area contributed by atoms with Crippen molar-refractivity contribution < 1.29 is 14.3 Å². The summed E-state index contributed by atoms with van der Waals surface area (Å²) in [5.41, 5.74) is 2.89. The molecule has 5 rings (SSSR count). The molecule has 0 bridgehead atoms. The maximum absolute atomic E-state index is 12.8. The van der Waals surface area contributed by atoms with Crippen molar-refractivity contribution in [3.8, 4) is 17.6 Å². The molecule has 0 radical (unpaired) electrons. The van der Waals surface area contributed by atoms with Gasteiger partial charge in [-0.25, -0.2) is 19.3 Å². The van der Waals surface area contributed by atoms with E-state index in [4.69, 9.17) is 4.74 Å². The molecule has 0 unspecified atom stereocenters. The van der Waals surface area contributed by atoms with Crippen LogP contribution in [0.25, 0.3) is 5.65 Å². The molecule has 1 aliphatic heterocycles. The van der Waals surface area contributed by atoms with E-state index < -0.39 is 12.1 Å². The highest BCUT2D eigenvalue weighted by molar-refractivity contribution is 6.01. The number of imidazole rings is 1. The van der Waals surface area contributed by atoms with Gasteiger partial charge in [0.1, 0.15) is 29.8 Å². The number of urea groups is 1. The van der Waals surface area contributed by atoms with Gasteiger partial charge in [0, 0.05) is 25.1 Å². The molecule has 1 aliphatic rings. The van der Waals surface area contributed by atoms with E-state index >= 15 is 0 Å². The summed E-state index contributed by atoms with van der Waals surface area (Å²) in [7, 11) is 1.65. The summed E-state index contributed by atoms with van der Waals surface area (Å²) in [6.07, 6.45) is 4.82. The minimum atomic E-state index is -0.846. The second-order valence-corrected chi connectivity index (χ2v) is 7.44. The Hall–Kier alpha value is -4.91. The van der Waals surface area contributed by atoms with Gasteiger partial charge in [-0.2, -0.15) is 5.10 Å². The molecule has 10 heteroatoms. The predicted octanol–water partition coefficient (Wildman–Crippen LogP) is 2.07. The Labute approximate surface area is 194 Å². The summed E-state index contributed by atoms with van der Waals surface area (Å²) in [5.74, 6) is 6.25. The zero-order valence-electron chi connectivity index (χ0n) is 18.1. The van der Waals surface area contributed by atoms with Crippen LogP contribution < -0.4 is 20.3 Å². The SMILES string of the molecule is CN1C(=O)[C@H](NC(=O)Nc2ccnc(C#Cc3cnc4cccnn34)c2)COc2ccccc21. The van der Waals surface area contributed by atoms with Crippen molar-refractivity contribution in [3.05, 3.63) is 78.5 Å². The number of para-hydroxylation sites is 2. The first kappa shape index (κ1) is 21.0. The van der Waals surface area contributed by atoms with Crippen molar-refractivity contribution in [2.75, 3.05) is 23.9 Å². The predicted molar refractivity (Wildman–Crippen MR) is 124 cm³/mol. The Balaban J connectivity index is 1.26. The van der Waals surface area contributed by atoms with E-state index in [9.17, 15) is 9.59 Å². The molecule has 0 aliphatic carbocycles. The number of amides is 3. The van der Waals surface area contributed by atoms with Crippen LogP contribution >= 0.6 is 0 Å². The van der Waals surface area contributed by atoms with Crippen molar-refractivity contribution in [3.63, 3.8) is 0 Å². The Bertz CT molecular complexity index is 1450. The number of hydrogen-bond donors (Lipinski definition) is 2. The lowest BCUT2D eigenvalue weighted by Gasteiger charge is -2.20. The molecule has 2 N–H and O–H groups in total. The summed E-state index contributed by atoms with van der Waals surface area (Å²) in [6.45, 7) is 0.0218. The number of pyridine rings is 1. The summed E-state index contributed by atoms with van der Waals surface area (Å²) in [4.78, 5) is 35.3. The molecule has 0 fully saturated rings. The number of carbonyl (C=O) groups excluding carboxylic acids is 2. The molecule has 3 amide bonds. The monoisotopic (exact) mass is 453 g/mol. The third-order valence-corrected chi connectivity index (χ3v) is 5.18. The summed E-state index contributed by atoms with van der Waals surface area (Å²) >= 11 is 0. The van der Waals surface area contributed by atoms with Crippen LogP contribution in [-0.4, -0.2) is 51.2 Å². The summed E-state index contributed by atoms with van der Waals surface area (Å²) in [5, 5.41) is 9.61. The maximum Gasteiger partial charge on any atom is 0.320 e. The molecule has 10 nitrogen and oxygen atoms in total. The Kier molecular flexibility index (Phi) is 5.50. The smallest absolute Gasteiger partial charge is 0.320 e. The first-order valence-corrected chi connectivity index (χ1v) is 10.4. The second kappa shape index (κ2) is 8.91.